The average Bonchev–Trinajstić information content (AvgIpc) is 2.48. The molecular weight excluding hydrogens is 320 g/mol. The zero-order chi connectivity index (χ0) is 14.4. The van der Waals surface area contributed by atoms with E-state index in [4.69, 9.17) is 15.3 Å². The van der Waals surface area contributed by atoms with Gasteiger partial charge in [-0.3, -0.25) is 0 Å². The van der Waals surface area contributed by atoms with Crippen LogP contribution in [0.5, 0.6) is 11.5 Å². The second-order valence-electron chi connectivity index (χ2n) is 4.25. The number of nitrogens with two attached hydrogens (primary N) is 1. The van der Waals surface area contributed by atoms with Crippen LogP contribution in [0, 0.1) is 0 Å². The Morgan fingerprint density at radius 2 is 2.10 bits per heavy atom. The van der Waals surface area contributed by atoms with Gasteiger partial charge in [-0.05, 0) is 29.5 Å². The lowest BCUT2D eigenvalue weighted by molar-refractivity contribution is 0.299. The van der Waals surface area contributed by atoms with E-state index < -0.39 is 0 Å². The zero-order valence-electron chi connectivity index (χ0n) is 11.3. The van der Waals surface area contributed by atoms with Gasteiger partial charge in [0.15, 0.2) is 11.5 Å². The highest BCUT2D eigenvalue weighted by atomic mass is 79.9. The number of rotatable bonds is 6. The van der Waals surface area contributed by atoms with Crippen molar-refractivity contribution < 1.29 is 9.47 Å². The van der Waals surface area contributed by atoms with Crippen LogP contribution in [0.3, 0.4) is 0 Å². The lowest BCUT2D eigenvalue weighted by atomic mass is 10.1. The number of nitrogens with zero attached hydrogens (tertiary/aromatic N) is 1. The fourth-order valence-electron chi connectivity index (χ4n) is 1.99. The number of hydrazone groups is 1. The first-order valence-corrected chi connectivity index (χ1v) is 7.45. The van der Waals surface area contributed by atoms with Gasteiger partial charge in [-0.2, -0.15) is 5.10 Å². The van der Waals surface area contributed by atoms with Gasteiger partial charge in [0.2, 0.25) is 0 Å². The summed E-state index contributed by atoms with van der Waals surface area (Å²) in [6.07, 6.45) is 2.55. The summed E-state index contributed by atoms with van der Waals surface area (Å²) in [7, 11) is 1.64. The van der Waals surface area contributed by atoms with Crippen molar-refractivity contribution in [2.24, 2.45) is 10.9 Å². The number of benzene rings is 2. The standard InChI is InChI=1S/C15H17BrN2O2/c1-19-14-6-5-12-4-3-11(10-18-17)9-13(12)15(14)20-8-2-7-16/h3-6,9-10H,2,7-8,17H2,1H3. The molecule has 20 heavy (non-hydrogen) atoms. The molecule has 0 saturated carbocycles. The number of methoxy groups -OCH3 is 1. The van der Waals surface area contributed by atoms with Gasteiger partial charge >= 0.3 is 0 Å². The van der Waals surface area contributed by atoms with Crippen LogP contribution in [0.25, 0.3) is 10.8 Å². The molecule has 0 aliphatic heterocycles. The summed E-state index contributed by atoms with van der Waals surface area (Å²) in [6.45, 7) is 0.635. The third-order valence-electron chi connectivity index (χ3n) is 2.93. The maximum Gasteiger partial charge on any atom is 0.168 e. The third kappa shape index (κ3) is 3.22. The van der Waals surface area contributed by atoms with Crippen molar-refractivity contribution in [3.8, 4) is 11.5 Å². The lowest BCUT2D eigenvalue weighted by Crippen LogP contribution is -2.00. The Bertz CT molecular complexity index is 614. The average molecular weight is 337 g/mol. The minimum atomic E-state index is 0.635. The predicted molar refractivity (Wildman–Crippen MR) is 86.2 cm³/mol. The van der Waals surface area contributed by atoms with Crippen LogP contribution in [-0.2, 0) is 0 Å². The molecule has 106 valence electrons. The van der Waals surface area contributed by atoms with Crippen molar-refractivity contribution in [1.29, 1.82) is 0 Å². The van der Waals surface area contributed by atoms with E-state index in [1.54, 1.807) is 13.3 Å². The highest BCUT2D eigenvalue weighted by Crippen LogP contribution is 2.36. The molecule has 0 atom stereocenters. The van der Waals surface area contributed by atoms with E-state index in [9.17, 15) is 0 Å². The number of hydrogen-bond donors (Lipinski definition) is 1. The highest BCUT2D eigenvalue weighted by molar-refractivity contribution is 9.09. The van der Waals surface area contributed by atoms with E-state index in [2.05, 4.69) is 21.0 Å². The molecule has 4 nitrogen and oxygen atoms in total. The second kappa shape index (κ2) is 7.14. The summed E-state index contributed by atoms with van der Waals surface area (Å²) in [4.78, 5) is 0. The molecule has 0 radical (unpaired) electrons. The second-order valence-corrected chi connectivity index (χ2v) is 5.04. The molecule has 2 N–H and O–H groups in total. The minimum absolute atomic E-state index is 0.635. The molecular formula is C15H17BrN2O2. The van der Waals surface area contributed by atoms with Crippen LogP contribution >= 0.6 is 15.9 Å². The monoisotopic (exact) mass is 336 g/mol. The van der Waals surface area contributed by atoms with E-state index in [1.165, 1.54) is 0 Å². The number of hydrogen-bond acceptors (Lipinski definition) is 4. The van der Waals surface area contributed by atoms with Gasteiger partial charge in [0, 0.05) is 10.7 Å². The number of ether oxygens (including phenoxy) is 2. The van der Waals surface area contributed by atoms with Crippen molar-refractivity contribution in [3.63, 3.8) is 0 Å². The van der Waals surface area contributed by atoms with Gasteiger partial charge in [0.25, 0.3) is 0 Å². The predicted octanol–water partition coefficient (Wildman–Crippen LogP) is 3.30. The van der Waals surface area contributed by atoms with Gasteiger partial charge in [-0.1, -0.05) is 34.1 Å². The molecule has 0 aliphatic carbocycles. The molecule has 0 heterocycles. The molecule has 0 bridgehead atoms. The van der Waals surface area contributed by atoms with E-state index >= 15 is 0 Å². The fourth-order valence-corrected chi connectivity index (χ4v) is 2.22. The largest absolute Gasteiger partial charge is 0.493 e. The Hall–Kier alpha value is -1.75. The Labute approximate surface area is 126 Å². The van der Waals surface area contributed by atoms with Crippen LogP contribution in [0.4, 0.5) is 0 Å². The summed E-state index contributed by atoms with van der Waals surface area (Å²) in [6, 6.07) is 9.91. The van der Waals surface area contributed by atoms with Gasteiger partial charge in [-0.25, -0.2) is 0 Å². The summed E-state index contributed by atoms with van der Waals surface area (Å²) in [5.41, 5.74) is 0.929. The van der Waals surface area contributed by atoms with Gasteiger partial charge in [-0.15, -0.1) is 0 Å². The Kier molecular flexibility index (Phi) is 5.24. The smallest absolute Gasteiger partial charge is 0.168 e. The lowest BCUT2D eigenvalue weighted by Gasteiger charge is -2.13. The molecule has 2 aromatic carbocycles. The fraction of sp³-hybridized carbons (Fsp3) is 0.267. The van der Waals surface area contributed by atoms with Crippen LogP contribution in [0.15, 0.2) is 35.4 Å². The number of alkyl halides is 1. The van der Waals surface area contributed by atoms with Crippen molar-refractivity contribution in [1.82, 2.24) is 0 Å². The Morgan fingerprint density at radius 3 is 2.80 bits per heavy atom. The third-order valence-corrected chi connectivity index (χ3v) is 3.49. The molecule has 2 aromatic rings. The summed E-state index contributed by atoms with van der Waals surface area (Å²) < 4.78 is 11.3. The van der Waals surface area contributed by atoms with Crippen molar-refractivity contribution >= 4 is 32.9 Å². The van der Waals surface area contributed by atoms with Gasteiger partial charge in [0.05, 0.1) is 19.9 Å². The molecule has 0 saturated heterocycles. The molecule has 0 aromatic heterocycles. The maximum absolute atomic E-state index is 5.88. The first-order chi connectivity index (χ1) is 9.80. The van der Waals surface area contributed by atoms with Crippen LogP contribution in [0.1, 0.15) is 12.0 Å². The summed E-state index contributed by atoms with van der Waals surface area (Å²) in [5, 5.41) is 6.55. The molecule has 0 spiro atoms. The van der Waals surface area contributed by atoms with E-state index in [1.807, 2.05) is 30.3 Å². The minimum Gasteiger partial charge on any atom is -0.493 e. The first-order valence-electron chi connectivity index (χ1n) is 6.33. The molecule has 2 rings (SSSR count). The number of halogens is 1. The van der Waals surface area contributed by atoms with Crippen molar-refractivity contribution in [2.75, 3.05) is 19.0 Å². The molecule has 0 aliphatic rings. The highest BCUT2D eigenvalue weighted by Gasteiger charge is 2.10. The van der Waals surface area contributed by atoms with E-state index in [0.717, 1.165) is 39.6 Å². The summed E-state index contributed by atoms with van der Waals surface area (Å²) >= 11 is 3.40. The SMILES string of the molecule is COc1ccc2ccc(C=NN)cc2c1OCCCBr. The quantitative estimate of drug-likeness (QED) is 0.289. The van der Waals surface area contributed by atoms with Crippen molar-refractivity contribution in [2.45, 2.75) is 6.42 Å². The van der Waals surface area contributed by atoms with Crippen LogP contribution in [0.2, 0.25) is 0 Å². The Balaban J connectivity index is 2.49. The molecule has 0 amide bonds. The molecule has 0 unspecified atom stereocenters. The first kappa shape index (κ1) is 14.7. The van der Waals surface area contributed by atoms with E-state index in [-0.39, 0.29) is 0 Å². The molecule has 5 heteroatoms. The topological polar surface area (TPSA) is 56.8 Å². The van der Waals surface area contributed by atoms with Crippen LogP contribution < -0.4 is 15.3 Å². The number of fused-ring (bicyclic) bond motifs is 1. The van der Waals surface area contributed by atoms with E-state index in [0.29, 0.717) is 6.61 Å². The van der Waals surface area contributed by atoms with Gasteiger partial charge < -0.3 is 15.3 Å². The maximum atomic E-state index is 5.88. The normalized spacial score (nSPS) is 11.1. The van der Waals surface area contributed by atoms with Crippen LogP contribution in [-0.4, -0.2) is 25.3 Å². The summed E-state index contributed by atoms with van der Waals surface area (Å²) in [5.74, 6) is 6.70. The zero-order valence-corrected chi connectivity index (χ0v) is 12.9. The van der Waals surface area contributed by atoms with Crippen molar-refractivity contribution in [3.05, 3.63) is 35.9 Å². The molecule has 0 fully saturated rings. The Morgan fingerprint density at radius 1 is 1.30 bits per heavy atom. The van der Waals surface area contributed by atoms with Gasteiger partial charge in [0.1, 0.15) is 0 Å².